The smallest absolute Gasteiger partial charge is 0.227 e. The van der Waals surface area contributed by atoms with E-state index in [1.807, 2.05) is 24.3 Å². The number of aryl methyl sites for hydroxylation is 2. The number of benzene rings is 2. The van der Waals surface area contributed by atoms with Crippen LogP contribution < -0.4 is 4.90 Å². The highest BCUT2D eigenvalue weighted by Crippen LogP contribution is 2.24. The number of thioether (sulfide) groups is 1. The van der Waals surface area contributed by atoms with Gasteiger partial charge in [-0.3, -0.25) is 9.59 Å². The molecule has 0 N–H and O–H groups in total. The summed E-state index contributed by atoms with van der Waals surface area (Å²) in [4.78, 5) is 27.0. The van der Waals surface area contributed by atoms with Crippen LogP contribution in [0.3, 0.4) is 0 Å². The fourth-order valence-corrected chi connectivity index (χ4v) is 3.67. The molecule has 0 bridgehead atoms. The van der Waals surface area contributed by atoms with Gasteiger partial charge in [0.1, 0.15) is 0 Å². The molecule has 1 amide bonds. The Morgan fingerprint density at radius 3 is 2.46 bits per heavy atom. The second-order valence-electron chi connectivity index (χ2n) is 6.15. The Labute approximate surface area is 147 Å². The van der Waals surface area contributed by atoms with Gasteiger partial charge in [0.25, 0.3) is 0 Å². The second-order valence-corrected chi connectivity index (χ2v) is 7.20. The lowest BCUT2D eigenvalue weighted by atomic mass is 10.1. The first kappa shape index (κ1) is 16.8. The van der Waals surface area contributed by atoms with E-state index in [1.54, 1.807) is 16.7 Å². The van der Waals surface area contributed by atoms with Crippen molar-refractivity contribution in [3.05, 3.63) is 59.2 Å². The number of hydrogen-bond donors (Lipinski definition) is 0. The molecule has 0 saturated carbocycles. The van der Waals surface area contributed by atoms with E-state index in [0.717, 1.165) is 23.5 Å². The standard InChI is InChI=1S/C20H21NO2S/c1-14-5-10-18(12-15(14)2)24-13-19(22)16-6-8-17(9-7-16)21-11-3-4-20(21)23/h5-10,12H,3-4,11,13H2,1-2H3. The van der Waals surface area contributed by atoms with E-state index in [2.05, 4.69) is 32.0 Å². The lowest BCUT2D eigenvalue weighted by Gasteiger charge is -2.15. The molecule has 2 aromatic carbocycles. The summed E-state index contributed by atoms with van der Waals surface area (Å²) in [5.41, 5.74) is 4.09. The molecular formula is C20H21NO2S. The molecule has 3 nitrogen and oxygen atoms in total. The normalized spacial score (nSPS) is 14.2. The van der Waals surface area contributed by atoms with E-state index in [4.69, 9.17) is 0 Å². The Morgan fingerprint density at radius 1 is 1.08 bits per heavy atom. The molecule has 1 heterocycles. The quantitative estimate of drug-likeness (QED) is 0.598. The first-order valence-corrected chi connectivity index (χ1v) is 9.17. The minimum absolute atomic E-state index is 0.109. The topological polar surface area (TPSA) is 37.4 Å². The highest BCUT2D eigenvalue weighted by atomic mass is 32.2. The maximum atomic E-state index is 12.4. The Hall–Kier alpha value is -2.07. The first-order valence-electron chi connectivity index (χ1n) is 8.18. The average molecular weight is 339 g/mol. The number of rotatable bonds is 5. The maximum absolute atomic E-state index is 12.4. The molecule has 0 atom stereocenters. The number of anilines is 1. The third-order valence-electron chi connectivity index (χ3n) is 4.42. The molecule has 124 valence electrons. The number of Topliss-reactive ketones (excluding diaryl/α,β-unsaturated/α-hetero) is 1. The van der Waals surface area contributed by atoms with Gasteiger partial charge in [-0.05, 0) is 67.8 Å². The summed E-state index contributed by atoms with van der Waals surface area (Å²) >= 11 is 1.56. The highest BCUT2D eigenvalue weighted by Gasteiger charge is 2.21. The Morgan fingerprint density at radius 2 is 1.83 bits per heavy atom. The van der Waals surface area contributed by atoms with E-state index in [-0.39, 0.29) is 11.7 Å². The van der Waals surface area contributed by atoms with Crippen LogP contribution in [0.5, 0.6) is 0 Å². The third-order valence-corrected chi connectivity index (χ3v) is 5.42. The van der Waals surface area contributed by atoms with Crippen molar-refractivity contribution in [2.45, 2.75) is 31.6 Å². The summed E-state index contributed by atoms with van der Waals surface area (Å²) in [6.45, 7) is 4.94. The molecule has 1 saturated heterocycles. The van der Waals surface area contributed by atoms with Gasteiger partial charge >= 0.3 is 0 Å². The van der Waals surface area contributed by atoms with Crippen molar-refractivity contribution >= 4 is 29.1 Å². The monoisotopic (exact) mass is 339 g/mol. The van der Waals surface area contributed by atoms with Gasteiger partial charge in [-0.15, -0.1) is 11.8 Å². The van der Waals surface area contributed by atoms with Crippen LogP contribution in [0, 0.1) is 13.8 Å². The summed E-state index contributed by atoms with van der Waals surface area (Å²) in [7, 11) is 0. The van der Waals surface area contributed by atoms with Gasteiger partial charge < -0.3 is 4.90 Å². The van der Waals surface area contributed by atoms with Gasteiger partial charge in [0, 0.05) is 29.1 Å². The predicted molar refractivity (Wildman–Crippen MR) is 99.0 cm³/mol. The lowest BCUT2D eigenvalue weighted by Crippen LogP contribution is -2.23. The van der Waals surface area contributed by atoms with Crippen molar-refractivity contribution in [1.29, 1.82) is 0 Å². The van der Waals surface area contributed by atoms with E-state index in [9.17, 15) is 9.59 Å². The van der Waals surface area contributed by atoms with Crippen LogP contribution >= 0.6 is 11.8 Å². The Balaban J connectivity index is 1.62. The van der Waals surface area contributed by atoms with Crippen molar-refractivity contribution in [3.63, 3.8) is 0 Å². The van der Waals surface area contributed by atoms with Crippen LogP contribution in [0.1, 0.15) is 34.3 Å². The second kappa shape index (κ2) is 7.22. The molecule has 0 aliphatic carbocycles. The van der Waals surface area contributed by atoms with E-state index >= 15 is 0 Å². The van der Waals surface area contributed by atoms with Gasteiger partial charge in [0.2, 0.25) is 5.91 Å². The molecule has 1 aliphatic heterocycles. The third kappa shape index (κ3) is 3.70. The minimum atomic E-state index is 0.109. The van der Waals surface area contributed by atoms with Crippen LogP contribution in [0.4, 0.5) is 5.69 Å². The number of amides is 1. The molecule has 0 radical (unpaired) electrons. The minimum Gasteiger partial charge on any atom is -0.312 e. The Bertz CT molecular complexity index is 768. The van der Waals surface area contributed by atoms with E-state index in [1.165, 1.54) is 11.1 Å². The predicted octanol–water partition coefficient (Wildman–Crippen LogP) is 4.41. The van der Waals surface area contributed by atoms with Crippen LogP contribution in [0.2, 0.25) is 0 Å². The van der Waals surface area contributed by atoms with Crippen molar-refractivity contribution in [1.82, 2.24) is 0 Å². The zero-order valence-corrected chi connectivity index (χ0v) is 14.9. The fraction of sp³-hybridized carbons (Fsp3) is 0.300. The molecule has 2 aromatic rings. The number of carbonyl (C=O) groups is 2. The average Bonchev–Trinajstić information content (AvgIpc) is 3.02. The molecule has 4 heteroatoms. The molecule has 3 rings (SSSR count). The largest absolute Gasteiger partial charge is 0.312 e. The highest BCUT2D eigenvalue weighted by molar-refractivity contribution is 8.00. The van der Waals surface area contributed by atoms with E-state index in [0.29, 0.717) is 17.7 Å². The SMILES string of the molecule is Cc1ccc(SCC(=O)c2ccc(N3CCCC3=O)cc2)cc1C. The number of nitrogens with zero attached hydrogens (tertiary/aromatic N) is 1. The number of hydrogen-bond acceptors (Lipinski definition) is 3. The first-order chi connectivity index (χ1) is 11.5. The molecule has 1 fully saturated rings. The number of carbonyl (C=O) groups excluding carboxylic acids is 2. The van der Waals surface area contributed by atoms with Gasteiger partial charge in [-0.2, -0.15) is 0 Å². The van der Waals surface area contributed by atoms with Crippen LogP contribution in [0.15, 0.2) is 47.4 Å². The molecular weight excluding hydrogens is 318 g/mol. The molecule has 0 spiro atoms. The van der Waals surface area contributed by atoms with Crippen LogP contribution in [0.25, 0.3) is 0 Å². The molecule has 1 aliphatic rings. The van der Waals surface area contributed by atoms with Gasteiger partial charge in [0.15, 0.2) is 5.78 Å². The maximum Gasteiger partial charge on any atom is 0.227 e. The van der Waals surface area contributed by atoms with Gasteiger partial charge in [0.05, 0.1) is 5.75 Å². The Kier molecular flexibility index (Phi) is 5.05. The molecule has 0 unspecified atom stereocenters. The summed E-state index contributed by atoms with van der Waals surface area (Å²) in [6, 6.07) is 13.7. The number of ketones is 1. The van der Waals surface area contributed by atoms with Gasteiger partial charge in [-0.25, -0.2) is 0 Å². The van der Waals surface area contributed by atoms with Crippen molar-refractivity contribution < 1.29 is 9.59 Å². The van der Waals surface area contributed by atoms with Crippen molar-refractivity contribution in [2.75, 3.05) is 17.2 Å². The molecule has 24 heavy (non-hydrogen) atoms. The zero-order chi connectivity index (χ0) is 17.1. The van der Waals surface area contributed by atoms with Crippen LogP contribution in [-0.2, 0) is 4.79 Å². The summed E-state index contributed by atoms with van der Waals surface area (Å²) in [5, 5.41) is 0. The fourth-order valence-electron chi connectivity index (χ4n) is 2.78. The van der Waals surface area contributed by atoms with Gasteiger partial charge in [-0.1, -0.05) is 6.07 Å². The van der Waals surface area contributed by atoms with Crippen LogP contribution in [-0.4, -0.2) is 24.0 Å². The van der Waals surface area contributed by atoms with Crippen molar-refractivity contribution in [2.24, 2.45) is 0 Å². The zero-order valence-electron chi connectivity index (χ0n) is 14.0. The van der Waals surface area contributed by atoms with Crippen molar-refractivity contribution in [3.8, 4) is 0 Å². The van der Waals surface area contributed by atoms with E-state index < -0.39 is 0 Å². The summed E-state index contributed by atoms with van der Waals surface area (Å²) in [5.74, 6) is 0.696. The molecule has 0 aromatic heterocycles. The summed E-state index contributed by atoms with van der Waals surface area (Å²) in [6.07, 6.45) is 1.53. The summed E-state index contributed by atoms with van der Waals surface area (Å²) < 4.78 is 0. The lowest BCUT2D eigenvalue weighted by molar-refractivity contribution is -0.117.